The van der Waals surface area contributed by atoms with Gasteiger partial charge in [-0.15, -0.1) is 0 Å². The van der Waals surface area contributed by atoms with E-state index < -0.39 is 0 Å². The van der Waals surface area contributed by atoms with Gasteiger partial charge in [-0.1, -0.05) is 13.3 Å². The SMILES string of the molecule is CCCC(N)C(=O)N(C)CCCN(C)C. The van der Waals surface area contributed by atoms with Gasteiger partial charge >= 0.3 is 0 Å². The highest BCUT2D eigenvalue weighted by molar-refractivity contribution is 5.81. The van der Waals surface area contributed by atoms with Crippen molar-refractivity contribution in [2.75, 3.05) is 34.2 Å². The standard InChI is InChI=1S/C11H25N3O/c1-5-7-10(12)11(15)14(4)9-6-8-13(2)3/h10H,5-9,12H2,1-4H3. The maximum absolute atomic E-state index is 11.7. The summed E-state index contributed by atoms with van der Waals surface area (Å²) < 4.78 is 0. The molecule has 0 spiro atoms. The third-order valence-electron chi connectivity index (χ3n) is 2.39. The van der Waals surface area contributed by atoms with E-state index in [0.29, 0.717) is 0 Å². The molecule has 0 aliphatic heterocycles. The van der Waals surface area contributed by atoms with E-state index in [-0.39, 0.29) is 11.9 Å². The van der Waals surface area contributed by atoms with E-state index in [1.807, 2.05) is 28.1 Å². The maximum atomic E-state index is 11.7. The summed E-state index contributed by atoms with van der Waals surface area (Å²) in [5.41, 5.74) is 5.76. The molecule has 0 radical (unpaired) electrons. The summed E-state index contributed by atoms with van der Waals surface area (Å²) in [5.74, 6) is 0.0654. The lowest BCUT2D eigenvalue weighted by Gasteiger charge is -2.21. The van der Waals surface area contributed by atoms with Crippen LogP contribution >= 0.6 is 0 Å². The molecule has 4 nitrogen and oxygen atoms in total. The fourth-order valence-corrected chi connectivity index (χ4v) is 1.45. The van der Waals surface area contributed by atoms with Gasteiger partial charge in [0, 0.05) is 13.6 Å². The number of nitrogens with zero attached hydrogens (tertiary/aromatic N) is 2. The van der Waals surface area contributed by atoms with E-state index in [1.165, 1.54) is 0 Å². The molecular formula is C11H25N3O. The highest BCUT2D eigenvalue weighted by Crippen LogP contribution is 1.99. The van der Waals surface area contributed by atoms with E-state index in [0.717, 1.165) is 32.4 Å². The predicted molar refractivity (Wildman–Crippen MR) is 63.7 cm³/mol. The largest absolute Gasteiger partial charge is 0.344 e. The normalized spacial score (nSPS) is 12.9. The Bertz CT molecular complexity index is 183. The number of carbonyl (C=O) groups excluding carboxylic acids is 1. The molecule has 15 heavy (non-hydrogen) atoms. The first-order valence-corrected chi connectivity index (χ1v) is 5.64. The number of rotatable bonds is 7. The summed E-state index contributed by atoms with van der Waals surface area (Å²) in [6.45, 7) is 3.83. The number of likely N-dealkylation sites (N-methyl/N-ethyl adjacent to an activating group) is 1. The molecule has 0 rings (SSSR count). The fraction of sp³-hybridized carbons (Fsp3) is 0.909. The van der Waals surface area contributed by atoms with E-state index in [4.69, 9.17) is 5.73 Å². The molecule has 2 N–H and O–H groups in total. The Balaban J connectivity index is 3.78. The summed E-state index contributed by atoms with van der Waals surface area (Å²) in [4.78, 5) is 15.6. The predicted octanol–water partition coefficient (Wildman–Crippen LogP) is 0.524. The summed E-state index contributed by atoms with van der Waals surface area (Å²) in [6.07, 6.45) is 2.73. The lowest BCUT2D eigenvalue weighted by Crippen LogP contribution is -2.42. The monoisotopic (exact) mass is 215 g/mol. The van der Waals surface area contributed by atoms with Gasteiger partial charge < -0.3 is 15.5 Å². The molecular weight excluding hydrogens is 190 g/mol. The van der Waals surface area contributed by atoms with Crippen LogP contribution in [0, 0.1) is 0 Å². The van der Waals surface area contributed by atoms with Crippen molar-refractivity contribution in [3.8, 4) is 0 Å². The molecule has 90 valence electrons. The molecule has 0 saturated carbocycles. The third-order valence-corrected chi connectivity index (χ3v) is 2.39. The Kier molecular flexibility index (Phi) is 7.34. The van der Waals surface area contributed by atoms with Crippen molar-refractivity contribution in [1.82, 2.24) is 9.80 Å². The zero-order valence-corrected chi connectivity index (χ0v) is 10.5. The van der Waals surface area contributed by atoms with Crippen molar-refractivity contribution in [2.45, 2.75) is 32.2 Å². The lowest BCUT2D eigenvalue weighted by molar-refractivity contribution is -0.131. The van der Waals surface area contributed by atoms with E-state index in [9.17, 15) is 4.79 Å². The summed E-state index contributed by atoms with van der Waals surface area (Å²) in [5, 5.41) is 0. The van der Waals surface area contributed by atoms with Crippen LogP contribution in [0.2, 0.25) is 0 Å². The molecule has 0 fully saturated rings. The van der Waals surface area contributed by atoms with Crippen molar-refractivity contribution in [3.05, 3.63) is 0 Å². The van der Waals surface area contributed by atoms with Crippen molar-refractivity contribution in [2.24, 2.45) is 5.73 Å². The molecule has 0 bridgehead atoms. The zero-order valence-electron chi connectivity index (χ0n) is 10.5. The van der Waals surface area contributed by atoms with Gasteiger partial charge in [-0.05, 0) is 33.5 Å². The first kappa shape index (κ1) is 14.4. The molecule has 0 aliphatic carbocycles. The van der Waals surface area contributed by atoms with Gasteiger partial charge in [-0.25, -0.2) is 0 Å². The van der Waals surface area contributed by atoms with Crippen LogP contribution in [-0.2, 0) is 4.79 Å². The van der Waals surface area contributed by atoms with Gasteiger partial charge in [0.25, 0.3) is 0 Å². The highest BCUT2D eigenvalue weighted by atomic mass is 16.2. The molecule has 0 aromatic rings. The first-order chi connectivity index (χ1) is 6.99. The molecule has 1 unspecified atom stereocenters. The number of hydrogen-bond donors (Lipinski definition) is 1. The molecule has 0 aromatic heterocycles. The first-order valence-electron chi connectivity index (χ1n) is 5.64. The second-order valence-corrected chi connectivity index (χ2v) is 4.31. The second-order valence-electron chi connectivity index (χ2n) is 4.31. The molecule has 1 amide bonds. The summed E-state index contributed by atoms with van der Waals surface area (Å²) in [7, 11) is 5.89. The number of amides is 1. The topological polar surface area (TPSA) is 49.6 Å². The smallest absolute Gasteiger partial charge is 0.239 e. The van der Waals surface area contributed by atoms with Crippen molar-refractivity contribution < 1.29 is 4.79 Å². The molecule has 0 aromatic carbocycles. The highest BCUT2D eigenvalue weighted by Gasteiger charge is 2.16. The molecule has 4 heteroatoms. The van der Waals surface area contributed by atoms with Crippen LogP contribution in [0.4, 0.5) is 0 Å². The molecule has 0 aliphatic rings. The van der Waals surface area contributed by atoms with Crippen LogP contribution in [0.3, 0.4) is 0 Å². The minimum Gasteiger partial charge on any atom is -0.344 e. The van der Waals surface area contributed by atoms with Crippen molar-refractivity contribution in [1.29, 1.82) is 0 Å². The number of nitrogens with two attached hydrogens (primary N) is 1. The van der Waals surface area contributed by atoms with Crippen molar-refractivity contribution in [3.63, 3.8) is 0 Å². The van der Waals surface area contributed by atoms with E-state index in [2.05, 4.69) is 4.90 Å². The quantitative estimate of drug-likeness (QED) is 0.674. The van der Waals surface area contributed by atoms with E-state index >= 15 is 0 Å². The van der Waals surface area contributed by atoms with Crippen molar-refractivity contribution >= 4 is 5.91 Å². The van der Waals surface area contributed by atoms with Crippen LogP contribution < -0.4 is 5.73 Å². The summed E-state index contributed by atoms with van der Waals surface area (Å²) in [6, 6.07) is -0.320. The molecule has 0 heterocycles. The second kappa shape index (κ2) is 7.65. The zero-order chi connectivity index (χ0) is 11.8. The molecule has 1 atom stereocenters. The van der Waals surface area contributed by atoms with E-state index in [1.54, 1.807) is 4.90 Å². The molecule has 0 saturated heterocycles. The average Bonchev–Trinajstić information content (AvgIpc) is 2.16. The summed E-state index contributed by atoms with van der Waals surface area (Å²) >= 11 is 0. The van der Waals surface area contributed by atoms with Gasteiger partial charge in [0.15, 0.2) is 0 Å². The average molecular weight is 215 g/mol. The number of carbonyl (C=O) groups is 1. The van der Waals surface area contributed by atoms with Gasteiger partial charge in [-0.2, -0.15) is 0 Å². The van der Waals surface area contributed by atoms with Crippen LogP contribution in [0.5, 0.6) is 0 Å². The Hall–Kier alpha value is -0.610. The van der Waals surface area contributed by atoms with Crippen LogP contribution in [0.15, 0.2) is 0 Å². The van der Waals surface area contributed by atoms with Crippen LogP contribution in [-0.4, -0.2) is 56.0 Å². The lowest BCUT2D eigenvalue weighted by atomic mass is 10.1. The van der Waals surface area contributed by atoms with Crippen LogP contribution in [0.25, 0.3) is 0 Å². The minimum atomic E-state index is -0.320. The fourth-order valence-electron chi connectivity index (χ4n) is 1.45. The van der Waals surface area contributed by atoms with Gasteiger partial charge in [0.2, 0.25) is 5.91 Å². The minimum absolute atomic E-state index is 0.0654. The Labute approximate surface area is 93.4 Å². The van der Waals surface area contributed by atoms with Crippen LogP contribution in [0.1, 0.15) is 26.2 Å². The van der Waals surface area contributed by atoms with Gasteiger partial charge in [-0.3, -0.25) is 4.79 Å². The third kappa shape index (κ3) is 6.47. The van der Waals surface area contributed by atoms with Gasteiger partial charge in [0.1, 0.15) is 0 Å². The van der Waals surface area contributed by atoms with Gasteiger partial charge in [0.05, 0.1) is 6.04 Å². The Morgan fingerprint density at radius 2 is 1.87 bits per heavy atom. The Morgan fingerprint density at radius 3 is 2.33 bits per heavy atom. The Morgan fingerprint density at radius 1 is 1.27 bits per heavy atom. The number of hydrogen-bond acceptors (Lipinski definition) is 3. The maximum Gasteiger partial charge on any atom is 0.239 e.